The van der Waals surface area contributed by atoms with Crippen LogP contribution in [0.2, 0.25) is 0 Å². The Hall–Kier alpha value is -1.86. The van der Waals surface area contributed by atoms with E-state index in [4.69, 9.17) is 11.0 Å². The third-order valence-electron chi connectivity index (χ3n) is 3.11. The fourth-order valence-corrected chi connectivity index (χ4v) is 1.52. The standard InChI is InChI=1S/C14H19N3O/c1-3-10(2)13(16)14(18)17-9-12-6-4-11(8-15)5-7-12/h4-7,10,13H,3,9,16H2,1-2H3,(H,17,18)/t10-,13-/m0/s1. The molecule has 4 heteroatoms. The lowest BCUT2D eigenvalue weighted by Gasteiger charge is -2.17. The highest BCUT2D eigenvalue weighted by Gasteiger charge is 2.18. The molecule has 0 radical (unpaired) electrons. The van der Waals surface area contributed by atoms with Gasteiger partial charge < -0.3 is 11.1 Å². The molecule has 1 rings (SSSR count). The second kappa shape index (κ2) is 6.77. The molecule has 1 amide bonds. The lowest BCUT2D eigenvalue weighted by molar-refractivity contribution is -0.123. The van der Waals surface area contributed by atoms with Crippen molar-refractivity contribution in [2.24, 2.45) is 11.7 Å². The lowest BCUT2D eigenvalue weighted by Crippen LogP contribution is -2.44. The van der Waals surface area contributed by atoms with Crippen LogP contribution in [0.5, 0.6) is 0 Å². The molecule has 0 aliphatic rings. The Bertz CT molecular complexity index is 433. The molecule has 0 fully saturated rings. The normalized spacial score (nSPS) is 13.4. The second-order valence-corrected chi connectivity index (χ2v) is 4.44. The number of hydrogen-bond acceptors (Lipinski definition) is 3. The first kappa shape index (κ1) is 14.2. The molecule has 0 spiro atoms. The van der Waals surface area contributed by atoms with Crippen LogP contribution in [-0.4, -0.2) is 11.9 Å². The first-order valence-electron chi connectivity index (χ1n) is 6.10. The maximum absolute atomic E-state index is 11.8. The van der Waals surface area contributed by atoms with E-state index in [1.54, 1.807) is 12.1 Å². The van der Waals surface area contributed by atoms with E-state index in [-0.39, 0.29) is 11.8 Å². The number of benzene rings is 1. The summed E-state index contributed by atoms with van der Waals surface area (Å²) in [5.41, 5.74) is 7.40. The van der Waals surface area contributed by atoms with Crippen LogP contribution in [0.15, 0.2) is 24.3 Å². The van der Waals surface area contributed by atoms with E-state index in [0.29, 0.717) is 12.1 Å². The number of rotatable bonds is 5. The van der Waals surface area contributed by atoms with Crippen molar-refractivity contribution < 1.29 is 4.79 Å². The summed E-state index contributed by atoms with van der Waals surface area (Å²) in [5.74, 6) is 0.0414. The number of hydrogen-bond donors (Lipinski definition) is 2. The number of nitrogens with zero attached hydrogens (tertiary/aromatic N) is 1. The number of nitrogens with one attached hydrogen (secondary N) is 1. The van der Waals surface area contributed by atoms with E-state index < -0.39 is 6.04 Å². The van der Waals surface area contributed by atoms with Crippen molar-refractivity contribution in [2.45, 2.75) is 32.9 Å². The highest BCUT2D eigenvalue weighted by Crippen LogP contribution is 2.06. The topological polar surface area (TPSA) is 78.9 Å². The number of nitrogens with two attached hydrogens (primary N) is 1. The lowest BCUT2D eigenvalue weighted by atomic mass is 9.99. The molecule has 2 atom stereocenters. The minimum atomic E-state index is -0.464. The Morgan fingerprint density at radius 2 is 2.06 bits per heavy atom. The van der Waals surface area contributed by atoms with Gasteiger partial charge in [0.15, 0.2) is 0 Å². The van der Waals surface area contributed by atoms with Gasteiger partial charge in [-0.15, -0.1) is 0 Å². The Morgan fingerprint density at radius 1 is 1.44 bits per heavy atom. The summed E-state index contributed by atoms with van der Waals surface area (Å²) in [6.07, 6.45) is 0.880. The number of amides is 1. The van der Waals surface area contributed by atoms with E-state index in [0.717, 1.165) is 12.0 Å². The molecule has 1 aromatic rings. The van der Waals surface area contributed by atoms with Crippen molar-refractivity contribution >= 4 is 5.91 Å². The van der Waals surface area contributed by atoms with Crippen LogP contribution in [0.4, 0.5) is 0 Å². The third kappa shape index (κ3) is 3.86. The first-order chi connectivity index (χ1) is 8.58. The van der Waals surface area contributed by atoms with Gasteiger partial charge in [0.1, 0.15) is 0 Å². The molecular formula is C14H19N3O. The van der Waals surface area contributed by atoms with Crippen LogP contribution in [0.25, 0.3) is 0 Å². The molecule has 0 unspecified atom stereocenters. The Kier molecular flexibility index (Phi) is 5.34. The van der Waals surface area contributed by atoms with Crippen LogP contribution < -0.4 is 11.1 Å². The zero-order valence-corrected chi connectivity index (χ0v) is 10.8. The Morgan fingerprint density at radius 3 is 2.56 bits per heavy atom. The Balaban J connectivity index is 2.49. The molecule has 96 valence electrons. The van der Waals surface area contributed by atoms with E-state index in [9.17, 15) is 4.79 Å². The van der Waals surface area contributed by atoms with Gasteiger partial charge in [0.25, 0.3) is 0 Å². The molecule has 0 saturated heterocycles. The quantitative estimate of drug-likeness (QED) is 0.826. The molecule has 1 aromatic carbocycles. The van der Waals surface area contributed by atoms with Crippen molar-refractivity contribution in [1.82, 2.24) is 5.32 Å². The summed E-state index contributed by atoms with van der Waals surface area (Å²) in [7, 11) is 0. The maximum Gasteiger partial charge on any atom is 0.237 e. The summed E-state index contributed by atoms with van der Waals surface area (Å²) < 4.78 is 0. The molecule has 0 aliphatic carbocycles. The number of nitriles is 1. The van der Waals surface area contributed by atoms with Gasteiger partial charge in [-0.3, -0.25) is 4.79 Å². The van der Waals surface area contributed by atoms with Crippen molar-refractivity contribution in [1.29, 1.82) is 5.26 Å². The monoisotopic (exact) mass is 245 g/mol. The van der Waals surface area contributed by atoms with Crippen LogP contribution in [-0.2, 0) is 11.3 Å². The smallest absolute Gasteiger partial charge is 0.237 e. The highest BCUT2D eigenvalue weighted by molar-refractivity contribution is 5.81. The van der Waals surface area contributed by atoms with Crippen LogP contribution in [0.3, 0.4) is 0 Å². The van der Waals surface area contributed by atoms with Gasteiger partial charge >= 0.3 is 0 Å². The highest BCUT2D eigenvalue weighted by atomic mass is 16.2. The summed E-state index contributed by atoms with van der Waals surface area (Å²) in [6.45, 7) is 4.42. The van der Waals surface area contributed by atoms with Gasteiger partial charge in [0.2, 0.25) is 5.91 Å². The molecule has 0 aliphatic heterocycles. The average molecular weight is 245 g/mol. The minimum Gasteiger partial charge on any atom is -0.351 e. The van der Waals surface area contributed by atoms with E-state index in [1.165, 1.54) is 0 Å². The van der Waals surface area contributed by atoms with Gasteiger partial charge in [-0.1, -0.05) is 32.4 Å². The molecular weight excluding hydrogens is 226 g/mol. The molecule has 0 bridgehead atoms. The van der Waals surface area contributed by atoms with E-state index >= 15 is 0 Å². The first-order valence-corrected chi connectivity index (χ1v) is 6.10. The SMILES string of the molecule is CC[C@H](C)[C@H](N)C(=O)NCc1ccc(C#N)cc1. The van der Waals surface area contributed by atoms with Gasteiger partial charge in [0, 0.05) is 6.54 Å². The van der Waals surface area contributed by atoms with Crippen molar-refractivity contribution in [3.8, 4) is 6.07 Å². The number of carbonyl (C=O) groups is 1. The molecule has 0 heterocycles. The fraction of sp³-hybridized carbons (Fsp3) is 0.429. The third-order valence-corrected chi connectivity index (χ3v) is 3.11. The van der Waals surface area contributed by atoms with Crippen molar-refractivity contribution in [2.75, 3.05) is 0 Å². The Labute approximate surface area is 108 Å². The molecule has 4 nitrogen and oxygen atoms in total. The number of carbonyl (C=O) groups excluding carboxylic acids is 1. The summed E-state index contributed by atoms with van der Waals surface area (Å²) in [5, 5.41) is 11.5. The predicted octanol–water partition coefficient (Wildman–Crippen LogP) is 1.55. The zero-order valence-electron chi connectivity index (χ0n) is 10.8. The fourth-order valence-electron chi connectivity index (χ4n) is 1.52. The van der Waals surface area contributed by atoms with Crippen LogP contribution >= 0.6 is 0 Å². The van der Waals surface area contributed by atoms with Gasteiger partial charge in [-0.2, -0.15) is 5.26 Å². The van der Waals surface area contributed by atoms with Crippen molar-refractivity contribution in [3.63, 3.8) is 0 Å². The van der Waals surface area contributed by atoms with E-state index in [1.807, 2.05) is 26.0 Å². The van der Waals surface area contributed by atoms with Gasteiger partial charge in [0.05, 0.1) is 17.7 Å². The minimum absolute atomic E-state index is 0.131. The van der Waals surface area contributed by atoms with Gasteiger partial charge in [-0.25, -0.2) is 0 Å². The molecule has 0 saturated carbocycles. The predicted molar refractivity (Wildman–Crippen MR) is 70.4 cm³/mol. The van der Waals surface area contributed by atoms with Gasteiger partial charge in [-0.05, 0) is 23.6 Å². The van der Waals surface area contributed by atoms with Crippen LogP contribution in [0, 0.1) is 17.2 Å². The zero-order chi connectivity index (χ0) is 13.5. The van der Waals surface area contributed by atoms with Crippen molar-refractivity contribution in [3.05, 3.63) is 35.4 Å². The summed E-state index contributed by atoms with van der Waals surface area (Å²) in [6, 6.07) is 8.71. The van der Waals surface area contributed by atoms with Crippen LogP contribution in [0.1, 0.15) is 31.4 Å². The summed E-state index contributed by atoms with van der Waals surface area (Å²) >= 11 is 0. The second-order valence-electron chi connectivity index (χ2n) is 4.44. The molecule has 3 N–H and O–H groups in total. The molecule has 0 aromatic heterocycles. The average Bonchev–Trinajstić information content (AvgIpc) is 2.43. The van der Waals surface area contributed by atoms with E-state index in [2.05, 4.69) is 11.4 Å². The maximum atomic E-state index is 11.8. The summed E-state index contributed by atoms with van der Waals surface area (Å²) in [4.78, 5) is 11.8. The molecule has 18 heavy (non-hydrogen) atoms. The largest absolute Gasteiger partial charge is 0.351 e.